The van der Waals surface area contributed by atoms with Gasteiger partial charge < -0.3 is 15.9 Å². The average molecular weight is 253 g/mol. The van der Waals surface area contributed by atoms with Crippen LogP contribution in [0.25, 0.3) is 0 Å². The normalized spacial score (nSPS) is 9.18. The van der Waals surface area contributed by atoms with Crippen molar-refractivity contribution in [2.45, 2.75) is 0 Å². The SMILES string of the molecule is NC(=S)NOC(=O)CNC(=O)c1ccccc1. The number of hydroxylamine groups is 1. The van der Waals surface area contributed by atoms with Crippen molar-refractivity contribution in [2.24, 2.45) is 5.73 Å². The molecule has 1 amide bonds. The van der Waals surface area contributed by atoms with Gasteiger partial charge in [0.15, 0.2) is 5.11 Å². The Morgan fingerprint density at radius 2 is 1.94 bits per heavy atom. The van der Waals surface area contributed by atoms with Gasteiger partial charge in [0.25, 0.3) is 5.91 Å². The molecule has 0 radical (unpaired) electrons. The molecule has 0 spiro atoms. The summed E-state index contributed by atoms with van der Waals surface area (Å²) >= 11 is 4.43. The second kappa shape index (κ2) is 6.44. The molecule has 0 atom stereocenters. The van der Waals surface area contributed by atoms with Crippen LogP contribution in [0.5, 0.6) is 0 Å². The predicted octanol–water partition coefficient (Wildman–Crippen LogP) is -0.292. The summed E-state index contributed by atoms with van der Waals surface area (Å²) in [5, 5.41) is 2.23. The van der Waals surface area contributed by atoms with Crippen LogP contribution in [0.1, 0.15) is 10.4 Å². The summed E-state index contributed by atoms with van der Waals surface area (Å²) in [4.78, 5) is 27.0. The third-order valence-corrected chi connectivity index (χ3v) is 1.78. The van der Waals surface area contributed by atoms with E-state index in [0.717, 1.165) is 0 Å². The molecule has 0 bridgehead atoms. The molecule has 1 aromatic rings. The van der Waals surface area contributed by atoms with Crippen molar-refractivity contribution in [2.75, 3.05) is 6.54 Å². The maximum absolute atomic E-state index is 11.5. The van der Waals surface area contributed by atoms with Gasteiger partial charge in [-0.1, -0.05) is 18.2 Å². The van der Waals surface area contributed by atoms with Gasteiger partial charge in [-0.25, -0.2) is 4.79 Å². The lowest BCUT2D eigenvalue weighted by atomic mass is 10.2. The number of amides is 1. The van der Waals surface area contributed by atoms with Crippen LogP contribution in [-0.2, 0) is 9.63 Å². The van der Waals surface area contributed by atoms with Crippen LogP contribution in [-0.4, -0.2) is 23.5 Å². The monoisotopic (exact) mass is 253 g/mol. The standard InChI is InChI=1S/C10H11N3O3S/c11-10(17)13-16-8(14)6-12-9(15)7-4-2-1-3-5-7/h1-5H,6H2,(H,12,15)(H3,11,13,17). The van der Waals surface area contributed by atoms with Gasteiger partial charge in [-0.3, -0.25) is 4.79 Å². The number of carbonyl (C=O) groups excluding carboxylic acids is 2. The van der Waals surface area contributed by atoms with Crippen LogP contribution < -0.4 is 16.5 Å². The maximum Gasteiger partial charge on any atom is 0.351 e. The van der Waals surface area contributed by atoms with Crippen molar-refractivity contribution >= 4 is 29.2 Å². The van der Waals surface area contributed by atoms with Crippen molar-refractivity contribution in [3.63, 3.8) is 0 Å². The molecule has 1 aromatic carbocycles. The molecule has 17 heavy (non-hydrogen) atoms. The lowest BCUT2D eigenvalue weighted by molar-refractivity contribution is -0.146. The highest BCUT2D eigenvalue weighted by atomic mass is 32.1. The number of nitrogens with one attached hydrogen (secondary N) is 2. The van der Waals surface area contributed by atoms with Crippen molar-refractivity contribution in [3.05, 3.63) is 35.9 Å². The summed E-state index contributed by atoms with van der Waals surface area (Å²) in [5.74, 6) is -1.06. The molecule has 0 fully saturated rings. The Labute approximate surface area is 103 Å². The minimum absolute atomic E-state index is 0.160. The van der Waals surface area contributed by atoms with E-state index in [2.05, 4.69) is 22.4 Å². The summed E-state index contributed by atoms with van der Waals surface area (Å²) in [6, 6.07) is 8.50. The Bertz CT molecular complexity index is 422. The van der Waals surface area contributed by atoms with Gasteiger partial charge in [-0.15, -0.1) is 0 Å². The lowest BCUT2D eigenvalue weighted by Crippen LogP contribution is -2.37. The number of hydrogen-bond donors (Lipinski definition) is 3. The van der Waals surface area contributed by atoms with Gasteiger partial charge in [0.2, 0.25) is 0 Å². The summed E-state index contributed by atoms with van der Waals surface area (Å²) in [5.41, 5.74) is 7.52. The third-order valence-electron chi connectivity index (χ3n) is 1.69. The van der Waals surface area contributed by atoms with Gasteiger partial charge in [-0.05, 0) is 24.4 Å². The first-order valence-electron chi connectivity index (χ1n) is 4.68. The van der Waals surface area contributed by atoms with E-state index in [1.54, 1.807) is 30.3 Å². The van der Waals surface area contributed by atoms with E-state index in [-0.39, 0.29) is 17.6 Å². The Kier molecular flexibility index (Phi) is 4.89. The fraction of sp³-hybridized carbons (Fsp3) is 0.100. The molecular formula is C10H11N3O3S. The van der Waals surface area contributed by atoms with E-state index in [0.29, 0.717) is 5.56 Å². The van der Waals surface area contributed by atoms with Crippen molar-refractivity contribution < 1.29 is 14.4 Å². The summed E-state index contributed by atoms with van der Waals surface area (Å²) in [7, 11) is 0. The Balaban J connectivity index is 2.34. The molecule has 0 unspecified atom stereocenters. The highest BCUT2D eigenvalue weighted by molar-refractivity contribution is 7.80. The van der Waals surface area contributed by atoms with Crippen LogP contribution in [0.4, 0.5) is 0 Å². The first-order valence-corrected chi connectivity index (χ1v) is 5.09. The lowest BCUT2D eigenvalue weighted by Gasteiger charge is -2.06. The van der Waals surface area contributed by atoms with Gasteiger partial charge in [0.1, 0.15) is 6.54 Å². The second-order valence-corrected chi connectivity index (χ2v) is 3.43. The molecule has 7 heteroatoms. The summed E-state index contributed by atoms with van der Waals surface area (Å²) < 4.78 is 0. The largest absolute Gasteiger partial charge is 0.374 e. The number of nitrogens with two attached hydrogens (primary N) is 1. The predicted molar refractivity (Wildman–Crippen MR) is 64.8 cm³/mol. The van der Waals surface area contributed by atoms with Crippen LogP contribution in [0.15, 0.2) is 30.3 Å². The Hall–Kier alpha value is -2.15. The first-order chi connectivity index (χ1) is 8.09. The molecule has 0 aliphatic carbocycles. The van der Waals surface area contributed by atoms with Crippen LogP contribution >= 0.6 is 12.2 Å². The molecule has 0 heterocycles. The van der Waals surface area contributed by atoms with E-state index in [1.807, 2.05) is 5.48 Å². The van der Waals surface area contributed by atoms with Gasteiger partial charge in [-0.2, -0.15) is 5.48 Å². The van der Waals surface area contributed by atoms with Crippen LogP contribution in [0.2, 0.25) is 0 Å². The van der Waals surface area contributed by atoms with E-state index in [9.17, 15) is 9.59 Å². The quantitative estimate of drug-likeness (QED) is 0.506. The number of rotatable bonds is 3. The number of carbonyl (C=O) groups is 2. The average Bonchev–Trinajstić information content (AvgIpc) is 2.34. The summed E-state index contributed by atoms with van der Waals surface area (Å²) in [6.07, 6.45) is 0. The molecule has 90 valence electrons. The van der Waals surface area contributed by atoms with E-state index in [1.165, 1.54) is 0 Å². The Morgan fingerprint density at radius 1 is 1.29 bits per heavy atom. The van der Waals surface area contributed by atoms with Crippen molar-refractivity contribution in [1.82, 2.24) is 10.8 Å². The topological polar surface area (TPSA) is 93.4 Å². The zero-order valence-electron chi connectivity index (χ0n) is 8.80. The molecule has 1 rings (SSSR count). The van der Waals surface area contributed by atoms with Gasteiger partial charge in [0.05, 0.1) is 0 Å². The highest BCUT2D eigenvalue weighted by Crippen LogP contribution is 1.97. The molecule has 0 aliphatic heterocycles. The van der Waals surface area contributed by atoms with E-state index >= 15 is 0 Å². The van der Waals surface area contributed by atoms with Crippen molar-refractivity contribution in [1.29, 1.82) is 0 Å². The first kappa shape index (κ1) is 12.9. The van der Waals surface area contributed by atoms with Crippen LogP contribution in [0.3, 0.4) is 0 Å². The number of thiocarbonyl (C=S) groups is 1. The van der Waals surface area contributed by atoms with E-state index in [4.69, 9.17) is 5.73 Å². The number of hydrogen-bond acceptors (Lipinski definition) is 4. The fourth-order valence-electron chi connectivity index (χ4n) is 0.987. The zero-order chi connectivity index (χ0) is 12.7. The zero-order valence-corrected chi connectivity index (χ0v) is 9.62. The molecule has 4 N–H and O–H groups in total. The molecular weight excluding hydrogens is 242 g/mol. The Morgan fingerprint density at radius 3 is 2.53 bits per heavy atom. The fourth-order valence-corrected chi connectivity index (χ4v) is 1.03. The third kappa shape index (κ3) is 4.94. The van der Waals surface area contributed by atoms with E-state index < -0.39 is 5.97 Å². The minimum Gasteiger partial charge on any atom is -0.374 e. The molecule has 0 aromatic heterocycles. The smallest absolute Gasteiger partial charge is 0.351 e. The maximum atomic E-state index is 11.5. The molecule has 0 aliphatic rings. The molecule has 0 saturated carbocycles. The highest BCUT2D eigenvalue weighted by Gasteiger charge is 2.08. The molecule has 0 saturated heterocycles. The second-order valence-electron chi connectivity index (χ2n) is 2.99. The summed E-state index contributed by atoms with van der Waals surface area (Å²) in [6.45, 7) is -0.274. The van der Waals surface area contributed by atoms with Crippen molar-refractivity contribution in [3.8, 4) is 0 Å². The minimum atomic E-state index is -0.693. The number of benzene rings is 1. The van der Waals surface area contributed by atoms with Gasteiger partial charge >= 0.3 is 5.97 Å². The molecule has 6 nitrogen and oxygen atoms in total. The van der Waals surface area contributed by atoms with Gasteiger partial charge in [0, 0.05) is 5.56 Å². The van der Waals surface area contributed by atoms with Crippen LogP contribution in [0, 0.1) is 0 Å².